The van der Waals surface area contributed by atoms with E-state index < -0.39 is 17.4 Å². The number of aliphatic hydroxyl groups is 1. The highest BCUT2D eigenvalue weighted by Gasteiger charge is 2.19. The van der Waals surface area contributed by atoms with Gasteiger partial charge in [0.2, 0.25) is 5.95 Å². The maximum Gasteiger partial charge on any atom is 0.332 e. The summed E-state index contributed by atoms with van der Waals surface area (Å²) in [6.07, 6.45) is -0.586. The minimum absolute atomic E-state index is 0.0130. The topological polar surface area (TPSA) is 94.1 Å². The van der Waals surface area contributed by atoms with E-state index in [9.17, 15) is 14.7 Å². The van der Waals surface area contributed by atoms with Crippen molar-refractivity contribution in [3.8, 4) is 0 Å². The average Bonchev–Trinajstić information content (AvgIpc) is 2.93. The molecule has 0 aliphatic heterocycles. The molecule has 2 N–H and O–H groups in total. The first-order valence-corrected chi connectivity index (χ1v) is 8.98. The number of fused-ring (bicyclic) bond motifs is 1. The van der Waals surface area contributed by atoms with E-state index in [0.29, 0.717) is 21.6 Å². The zero-order valence-electron chi connectivity index (χ0n) is 15.0. The number of aromatic nitrogens is 4. The molecule has 3 rings (SSSR count). The van der Waals surface area contributed by atoms with Gasteiger partial charge in [-0.25, -0.2) is 4.79 Å². The normalized spacial score (nSPS) is 12.5. The summed E-state index contributed by atoms with van der Waals surface area (Å²) in [5.41, 5.74) is 0.168. The van der Waals surface area contributed by atoms with Gasteiger partial charge in [0, 0.05) is 30.7 Å². The molecule has 0 unspecified atom stereocenters. The number of hydrogen-bond donors (Lipinski definition) is 2. The average molecular weight is 412 g/mol. The summed E-state index contributed by atoms with van der Waals surface area (Å²) < 4.78 is 3.99. The molecule has 3 aromatic rings. The number of halogens is 2. The van der Waals surface area contributed by atoms with Crippen LogP contribution in [0.2, 0.25) is 10.0 Å². The third-order valence-electron chi connectivity index (χ3n) is 4.26. The van der Waals surface area contributed by atoms with Gasteiger partial charge in [-0.2, -0.15) is 4.98 Å². The van der Waals surface area contributed by atoms with Crippen molar-refractivity contribution >= 4 is 40.3 Å². The number of anilines is 1. The van der Waals surface area contributed by atoms with Crippen LogP contribution in [0.25, 0.3) is 11.2 Å². The molecule has 0 bridgehead atoms. The Balaban J connectivity index is 2.15. The SMILES string of the molecule is C[C@@H](O)CNc1nc2c(c(=O)n(Cc3ccc(Cl)cc3Cl)c(=O)n2C)n1C. The zero-order valence-corrected chi connectivity index (χ0v) is 16.5. The number of imidazole rings is 1. The molecule has 2 heterocycles. The predicted molar refractivity (Wildman–Crippen MR) is 106 cm³/mol. The molecule has 0 aliphatic rings. The van der Waals surface area contributed by atoms with Crippen LogP contribution in [0.15, 0.2) is 27.8 Å². The lowest BCUT2D eigenvalue weighted by Crippen LogP contribution is -2.39. The maximum atomic E-state index is 13.0. The molecule has 0 saturated carbocycles. The van der Waals surface area contributed by atoms with E-state index >= 15 is 0 Å². The van der Waals surface area contributed by atoms with Gasteiger partial charge in [-0.05, 0) is 24.6 Å². The van der Waals surface area contributed by atoms with Crippen molar-refractivity contribution in [2.24, 2.45) is 14.1 Å². The summed E-state index contributed by atoms with van der Waals surface area (Å²) >= 11 is 12.1. The Morgan fingerprint density at radius 3 is 2.56 bits per heavy atom. The van der Waals surface area contributed by atoms with E-state index in [0.717, 1.165) is 4.57 Å². The Bertz CT molecular complexity index is 1130. The Morgan fingerprint density at radius 1 is 1.22 bits per heavy atom. The van der Waals surface area contributed by atoms with Crippen molar-refractivity contribution in [2.75, 3.05) is 11.9 Å². The number of hydrogen-bond acceptors (Lipinski definition) is 5. The minimum Gasteiger partial charge on any atom is -0.392 e. The fourth-order valence-electron chi connectivity index (χ4n) is 2.80. The van der Waals surface area contributed by atoms with Crippen molar-refractivity contribution in [3.63, 3.8) is 0 Å². The van der Waals surface area contributed by atoms with Gasteiger partial charge in [-0.3, -0.25) is 13.9 Å². The Hall–Kier alpha value is -2.29. The maximum absolute atomic E-state index is 13.0. The summed E-state index contributed by atoms with van der Waals surface area (Å²) in [5, 5.41) is 13.3. The van der Waals surface area contributed by atoms with Gasteiger partial charge in [0.25, 0.3) is 5.56 Å². The molecule has 0 aliphatic carbocycles. The molecule has 0 saturated heterocycles. The third kappa shape index (κ3) is 3.60. The van der Waals surface area contributed by atoms with Crippen LogP contribution >= 0.6 is 23.2 Å². The largest absolute Gasteiger partial charge is 0.392 e. The quantitative estimate of drug-likeness (QED) is 0.664. The Morgan fingerprint density at radius 2 is 1.93 bits per heavy atom. The van der Waals surface area contributed by atoms with E-state index in [1.165, 1.54) is 4.57 Å². The molecule has 0 fully saturated rings. The molecule has 10 heteroatoms. The smallest absolute Gasteiger partial charge is 0.332 e. The van der Waals surface area contributed by atoms with Crippen LogP contribution < -0.4 is 16.6 Å². The number of nitrogens with zero attached hydrogens (tertiary/aromatic N) is 4. The lowest BCUT2D eigenvalue weighted by Gasteiger charge is -2.10. The molecule has 2 aromatic heterocycles. The third-order valence-corrected chi connectivity index (χ3v) is 4.85. The molecule has 27 heavy (non-hydrogen) atoms. The molecule has 8 nitrogen and oxygen atoms in total. The highest BCUT2D eigenvalue weighted by atomic mass is 35.5. The van der Waals surface area contributed by atoms with Crippen molar-refractivity contribution in [1.29, 1.82) is 0 Å². The number of benzene rings is 1. The van der Waals surface area contributed by atoms with Crippen molar-refractivity contribution < 1.29 is 5.11 Å². The monoisotopic (exact) mass is 411 g/mol. The van der Waals surface area contributed by atoms with Crippen LogP contribution in [0, 0.1) is 0 Å². The van der Waals surface area contributed by atoms with E-state index in [-0.39, 0.29) is 24.3 Å². The van der Waals surface area contributed by atoms with Crippen molar-refractivity contribution in [2.45, 2.75) is 19.6 Å². The van der Waals surface area contributed by atoms with E-state index in [1.54, 1.807) is 43.8 Å². The molecule has 1 aromatic carbocycles. The highest BCUT2D eigenvalue weighted by Crippen LogP contribution is 2.21. The first-order chi connectivity index (χ1) is 12.7. The number of nitrogens with one attached hydrogen (secondary N) is 1. The summed E-state index contributed by atoms with van der Waals surface area (Å²) in [6.45, 7) is 1.91. The number of aryl methyl sites for hydroxylation is 2. The van der Waals surface area contributed by atoms with Crippen molar-refractivity contribution in [1.82, 2.24) is 18.7 Å². The highest BCUT2D eigenvalue weighted by molar-refractivity contribution is 6.35. The van der Waals surface area contributed by atoms with Gasteiger partial charge >= 0.3 is 5.69 Å². The second-order valence-electron chi connectivity index (χ2n) is 6.37. The first kappa shape index (κ1) is 19.5. The molecule has 0 amide bonds. The van der Waals surface area contributed by atoms with Crippen LogP contribution in [-0.4, -0.2) is 36.4 Å². The molecule has 0 spiro atoms. The molecule has 0 radical (unpaired) electrons. The summed E-state index contributed by atoms with van der Waals surface area (Å²) in [6, 6.07) is 4.90. The van der Waals surface area contributed by atoms with E-state index in [1.807, 2.05) is 0 Å². The number of rotatable bonds is 5. The summed E-state index contributed by atoms with van der Waals surface area (Å²) in [4.78, 5) is 30.0. The van der Waals surface area contributed by atoms with Crippen LogP contribution in [0.4, 0.5) is 5.95 Å². The van der Waals surface area contributed by atoms with Crippen LogP contribution in [0.1, 0.15) is 12.5 Å². The molecular formula is C17H19Cl2N5O3. The second-order valence-corrected chi connectivity index (χ2v) is 7.21. The van der Waals surface area contributed by atoms with Gasteiger partial charge in [-0.1, -0.05) is 29.3 Å². The summed E-state index contributed by atoms with van der Waals surface area (Å²) in [5.74, 6) is 0.389. The fourth-order valence-corrected chi connectivity index (χ4v) is 3.27. The van der Waals surface area contributed by atoms with Crippen LogP contribution in [0.5, 0.6) is 0 Å². The van der Waals surface area contributed by atoms with E-state index in [4.69, 9.17) is 23.2 Å². The minimum atomic E-state index is -0.586. The van der Waals surface area contributed by atoms with Gasteiger partial charge in [0.05, 0.1) is 12.6 Å². The zero-order chi connectivity index (χ0) is 19.9. The first-order valence-electron chi connectivity index (χ1n) is 8.22. The molecular weight excluding hydrogens is 393 g/mol. The molecule has 144 valence electrons. The second kappa shape index (κ2) is 7.38. The fraction of sp³-hybridized carbons (Fsp3) is 0.353. The van der Waals surface area contributed by atoms with E-state index in [2.05, 4.69) is 10.3 Å². The van der Waals surface area contributed by atoms with Crippen LogP contribution in [0.3, 0.4) is 0 Å². The Kier molecular flexibility index (Phi) is 5.32. The van der Waals surface area contributed by atoms with Gasteiger partial charge < -0.3 is 15.0 Å². The lowest BCUT2D eigenvalue weighted by molar-refractivity contribution is 0.208. The number of aliphatic hydroxyl groups excluding tert-OH is 1. The standard InChI is InChI=1S/C17H19Cl2N5O3/c1-9(25)7-20-16-21-14-13(22(16)2)15(26)24(17(27)23(14)3)8-10-4-5-11(18)6-12(10)19/h4-6,9,25H,7-8H2,1-3H3,(H,20,21)/t9-/m1/s1. The lowest BCUT2D eigenvalue weighted by atomic mass is 10.2. The van der Waals surface area contributed by atoms with Crippen molar-refractivity contribution in [3.05, 3.63) is 54.6 Å². The van der Waals surface area contributed by atoms with Gasteiger partial charge in [-0.15, -0.1) is 0 Å². The van der Waals surface area contributed by atoms with Gasteiger partial charge in [0.15, 0.2) is 11.2 Å². The summed E-state index contributed by atoms with van der Waals surface area (Å²) in [7, 11) is 3.22. The Labute approximate surface area is 164 Å². The molecule has 1 atom stereocenters. The van der Waals surface area contributed by atoms with Gasteiger partial charge in [0.1, 0.15) is 0 Å². The predicted octanol–water partition coefficient (Wildman–Crippen LogP) is 1.58. The van der Waals surface area contributed by atoms with Crippen LogP contribution in [-0.2, 0) is 20.6 Å².